The maximum absolute atomic E-state index is 13.0. The minimum Gasteiger partial charge on any atom is -0.506 e. The molecule has 0 spiro atoms. The molecule has 7 rings (SSSR count). The van der Waals surface area contributed by atoms with Crippen LogP contribution < -0.4 is 14.8 Å². The number of fused-ring (bicyclic) bond motifs is 2. The van der Waals surface area contributed by atoms with E-state index in [0.717, 1.165) is 28.0 Å². The summed E-state index contributed by atoms with van der Waals surface area (Å²) in [6.45, 7) is 1.72. The third-order valence-electron chi connectivity index (χ3n) is 8.45. The average molecular weight is 793 g/mol. The zero-order valence-electron chi connectivity index (χ0n) is 28.3. The fourth-order valence-corrected chi connectivity index (χ4v) is 8.77. The molecule has 2 aromatic heterocycles. The zero-order chi connectivity index (χ0) is 37.8. The van der Waals surface area contributed by atoms with Crippen molar-refractivity contribution in [2.24, 2.45) is 0 Å². The number of phenols is 1. The Labute approximate surface area is 316 Å². The van der Waals surface area contributed by atoms with Crippen LogP contribution in [0, 0.1) is 0 Å². The molecule has 3 aromatic carbocycles. The van der Waals surface area contributed by atoms with E-state index >= 15 is 0 Å². The van der Waals surface area contributed by atoms with Gasteiger partial charge in [0.2, 0.25) is 17.0 Å². The van der Waals surface area contributed by atoms with Gasteiger partial charge in [0.05, 0.1) is 54.7 Å². The second kappa shape index (κ2) is 15.9. The number of anilines is 1. The Kier molecular flexibility index (Phi) is 10.9. The van der Waals surface area contributed by atoms with Gasteiger partial charge >= 0.3 is 0 Å². The molecule has 1 saturated heterocycles. The van der Waals surface area contributed by atoms with E-state index in [1.165, 1.54) is 24.5 Å². The van der Waals surface area contributed by atoms with Gasteiger partial charge < -0.3 is 19.3 Å². The van der Waals surface area contributed by atoms with E-state index in [0.29, 0.717) is 58.6 Å². The number of phenolic OH excluding ortho intramolecular Hbond substituents is 1. The summed E-state index contributed by atoms with van der Waals surface area (Å²) in [6, 6.07) is 15.2. The molecule has 54 heavy (non-hydrogen) atoms. The molecule has 1 fully saturated rings. The van der Waals surface area contributed by atoms with Gasteiger partial charge in [0.15, 0.2) is 0 Å². The first-order valence-corrected chi connectivity index (χ1v) is 19.8. The lowest BCUT2D eigenvalue weighted by Gasteiger charge is -2.27. The van der Waals surface area contributed by atoms with Crippen LogP contribution in [-0.2, 0) is 35.6 Å². The molecule has 1 atom stereocenters. The van der Waals surface area contributed by atoms with Crippen molar-refractivity contribution in [3.8, 4) is 11.5 Å². The van der Waals surface area contributed by atoms with Gasteiger partial charge in [-0.3, -0.25) is 34.1 Å². The molecule has 0 saturated carbocycles. The second-order valence-electron chi connectivity index (χ2n) is 12.0. The molecule has 16 nitrogen and oxygen atoms in total. The molecule has 2 aliphatic rings. The van der Waals surface area contributed by atoms with E-state index in [4.69, 9.17) is 14.2 Å². The lowest BCUT2D eigenvalue weighted by molar-refractivity contribution is -0.136. The van der Waals surface area contributed by atoms with Crippen molar-refractivity contribution < 1.29 is 46.9 Å². The summed E-state index contributed by atoms with van der Waals surface area (Å²) in [5.41, 5.74) is 0.617. The lowest BCUT2D eigenvalue weighted by atomic mass is 10.0. The number of imide groups is 2. The van der Waals surface area contributed by atoms with E-state index in [-0.39, 0.29) is 47.1 Å². The summed E-state index contributed by atoms with van der Waals surface area (Å²) in [5, 5.41) is 20.7. The number of piperidine rings is 1. The van der Waals surface area contributed by atoms with E-state index < -0.39 is 39.7 Å². The van der Waals surface area contributed by atoms with Gasteiger partial charge in [-0.05, 0) is 53.9 Å². The molecule has 280 valence electrons. The van der Waals surface area contributed by atoms with Crippen molar-refractivity contribution >= 4 is 73.2 Å². The minimum absolute atomic E-state index is 0.0167. The summed E-state index contributed by atoms with van der Waals surface area (Å²) in [4.78, 5) is 55.2. The Morgan fingerprint density at radius 3 is 2.46 bits per heavy atom. The number of ether oxygens (including phenoxy) is 3. The maximum atomic E-state index is 13.0. The number of aromatic nitrogens is 3. The van der Waals surface area contributed by atoms with Crippen LogP contribution in [0.25, 0.3) is 10.8 Å². The monoisotopic (exact) mass is 792 g/mol. The van der Waals surface area contributed by atoms with E-state index in [2.05, 4.69) is 20.1 Å². The molecule has 1 unspecified atom stereocenters. The highest BCUT2D eigenvalue weighted by atomic mass is 32.2. The smallest absolute Gasteiger partial charge is 0.271 e. The maximum Gasteiger partial charge on any atom is 0.271 e. The first kappa shape index (κ1) is 37.0. The Bertz CT molecular complexity index is 2350. The highest BCUT2D eigenvalue weighted by molar-refractivity contribution is 7.99. The largest absolute Gasteiger partial charge is 0.506 e. The minimum atomic E-state index is -3.83. The third kappa shape index (κ3) is 7.94. The predicted molar refractivity (Wildman–Crippen MR) is 195 cm³/mol. The van der Waals surface area contributed by atoms with Gasteiger partial charge in [-0.2, -0.15) is 0 Å². The summed E-state index contributed by atoms with van der Waals surface area (Å²) in [7, 11) is -3.83. The number of thiophene rings is 1. The number of amides is 4. The predicted octanol–water partition coefficient (Wildman–Crippen LogP) is 3.66. The highest BCUT2D eigenvalue weighted by Gasteiger charge is 2.44. The van der Waals surface area contributed by atoms with E-state index in [1.54, 1.807) is 52.5 Å². The topological polar surface area (TPSA) is 208 Å². The van der Waals surface area contributed by atoms with Gasteiger partial charge in [0.1, 0.15) is 34.7 Å². The highest BCUT2D eigenvalue weighted by Crippen LogP contribution is 2.42. The van der Waals surface area contributed by atoms with Gasteiger partial charge in [0.25, 0.3) is 21.8 Å². The Hall–Kier alpha value is -5.34. The van der Waals surface area contributed by atoms with E-state index in [9.17, 15) is 32.7 Å². The quantitative estimate of drug-likeness (QED) is 0.0742. The van der Waals surface area contributed by atoms with Crippen molar-refractivity contribution in [3.05, 3.63) is 83.5 Å². The molecule has 2 aliphatic heterocycles. The third-order valence-corrected chi connectivity index (χ3v) is 12.1. The molecule has 0 bridgehead atoms. The van der Waals surface area contributed by atoms with Crippen molar-refractivity contribution in [3.63, 3.8) is 0 Å². The molecule has 4 amide bonds. The van der Waals surface area contributed by atoms with Crippen molar-refractivity contribution in [1.82, 2.24) is 25.0 Å². The molecule has 3 N–H and O–H groups in total. The summed E-state index contributed by atoms with van der Waals surface area (Å²) >= 11 is 2.20. The second-order valence-corrected chi connectivity index (χ2v) is 15.8. The average Bonchev–Trinajstić information content (AvgIpc) is 3.91. The SMILES string of the molecule is O=C1CCC(N2C(=O)c3ccc(OCCOCCOCCn4cnc(Sc5cc(NS(=O)(=O)c6cccs6)c6ccccc6c5O)n4)cc3C2=O)C(=O)N1. The van der Waals surface area contributed by atoms with Gasteiger partial charge in [-0.15, -0.1) is 16.4 Å². The van der Waals surface area contributed by atoms with Crippen molar-refractivity contribution in [1.29, 1.82) is 0 Å². The molecule has 0 radical (unpaired) electrons. The molecular formula is C35H32N6O10S3. The van der Waals surface area contributed by atoms with Crippen molar-refractivity contribution in [2.45, 2.75) is 39.7 Å². The number of carbonyl (C=O) groups excluding carboxylic acids is 4. The van der Waals surface area contributed by atoms with Gasteiger partial charge in [0, 0.05) is 17.2 Å². The van der Waals surface area contributed by atoms with Crippen LogP contribution in [0.3, 0.4) is 0 Å². The van der Waals surface area contributed by atoms with Crippen LogP contribution in [-0.4, -0.2) is 95.9 Å². The van der Waals surface area contributed by atoms with Gasteiger partial charge in [-0.1, -0.05) is 30.3 Å². The van der Waals surface area contributed by atoms with Crippen LogP contribution in [0.5, 0.6) is 11.5 Å². The number of sulfonamides is 1. The Morgan fingerprint density at radius 1 is 0.926 bits per heavy atom. The zero-order valence-corrected chi connectivity index (χ0v) is 30.7. The summed E-state index contributed by atoms with van der Waals surface area (Å²) in [6.07, 6.45) is 1.66. The molecule has 0 aliphatic carbocycles. The lowest BCUT2D eigenvalue weighted by Crippen LogP contribution is -2.54. The number of carbonyl (C=O) groups is 4. The van der Waals surface area contributed by atoms with Crippen LogP contribution in [0.15, 0.2) is 86.6 Å². The van der Waals surface area contributed by atoms with Gasteiger partial charge in [-0.25, -0.2) is 18.1 Å². The number of hydrogen-bond acceptors (Lipinski definition) is 14. The van der Waals surface area contributed by atoms with E-state index in [1.807, 2.05) is 0 Å². The molecule has 19 heteroatoms. The summed E-state index contributed by atoms with van der Waals surface area (Å²) < 4.78 is 47.3. The first-order chi connectivity index (χ1) is 26.1. The number of hydrogen-bond donors (Lipinski definition) is 3. The fraction of sp³-hybridized carbons (Fsp3) is 0.257. The van der Waals surface area contributed by atoms with Crippen LogP contribution in [0.1, 0.15) is 33.6 Å². The molecule has 4 heterocycles. The Balaban J connectivity index is 0.837. The number of rotatable bonds is 16. The normalized spacial score (nSPS) is 15.9. The number of aromatic hydroxyl groups is 1. The first-order valence-electron chi connectivity index (χ1n) is 16.6. The summed E-state index contributed by atoms with van der Waals surface area (Å²) in [5.74, 6) is -1.96. The molecule has 5 aromatic rings. The van der Waals surface area contributed by atoms with Crippen LogP contribution >= 0.6 is 23.1 Å². The fourth-order valence-electron chi connectivity index (χ4n) is 5.88. The number of benzene rings is 3. The number of nitrogens with zero attached hydrogens (tertiary/aromatic N) is 4. The van der Waals surface area contributed by atoms with Crippen LogP contribution in [0.4, 0.5) is 5.69 Å². The van der Waals surface area contributed by atoms with Crippen molar-refractivity contribution in [2.75, 3.05) is 37.8 Å². The Morgan fingerprint density at radius 2 is 1.69 bits per heavy atom. The standard InChI is InChI=1S/C35H32N6O10S3/c42-29-10-9-27(32(44)37-29)41-33(45)24-8-7-21(18-25(24)34(41)46)51-16-15-50-14-13-49-12-11-40-20-36-35(38-40)53-28-19-26(22-4-1-2-5-23(22)31(28)43)39-54(47,48)30-6-3-17-52-30/h1-8,17-20,27,39,43H,9-16H2,(H,37,42,44). The number of nitrogens with one attached hydrogen (secondary N) is 2. The van der Waals surface area contributed by atoms with Crippen LogP contribution in [0.2, 0.25) is 0 Å². The molecular weight excluding hydrogens is 761 g/mol.